The number of nitrogens with one attached hydrogen (secondary N) is 2. The van der Waals surface area contributed by atoms with Crippen molar-refractivity contribution in [3.05, 3.63) is 28.8 Å². The number of rotatable bonds is 5. The van der Waals surface area contributed by atoms with Crippen LogP contribution in [0, 0.1) is 6.92 Å². The van der Waals surface area contributed by atoms with E-state index >= 15 is 0 Å². The van der Waals surface area contributed by atoms with Gasteiger partial charge >= 0.3 is 0 Å². The maximum atomic E-state index is 11.5. The summed E-state index contributed by atoms with van der Waals surface area (Å²) in [4.78, 5) is 11.5. The van der Waals surface area contributed by atoms with Crippen LogP contribution in [0.25, 0.3) is 0 Å². The summed E-state index contributed by atoms with van der Waals surface area (Å²) in [5.74, 6) is -0.272. The summed E-state index contributed by atoms with van der Waals surface area (Å²) in [6, 6.07) is 5.19. The fraction of sp³-hybridized carbons (Fsp3) is 0.364. The van der Waals surface area contributed by atoms with Gasteiger partial charge in [-0.3, -0.25) is 4.79 Å². The number of carbonyl (C=O) groups excluding carboxylic acids is 1. The Bertz CT molecular complexity index is 543. The van der Waals surface area contributed by atoms with Crippen molar-refractivity contribution >= 4 is 33.2 Å². The lowest BCUT2D eigenvalue weighted by molar-refractivity contribution is -0.116. The summed E-state index contributed by atoms with van der Waals surface area (Å²) >= 11 is 5.92. The SMILES string of the molecule is Cc1ccc(NC(=O)CCNS(C)(=O)=O)cc1Cl. The first kappa shape index (κ1) is 14.9. The Morgan fingerprint density at radius 3 is 2.61 bits per heavy atom. The lowest BCUT2D eigenvalue weighted by Crippen LogP contribution is -2.26. The van der Waals surface area contributed by atoms with Gasteiger partial charge in [-0.25, -0.2) is 13.1 Å². The molecule has 5 nitrogen and oxygen atoms in total. The molecule has 100 valence electrons. The fourth-order valence-corrected chi connectivity index (χ4v) is 1.90. The van der Waals surface area contributed by atoms with Crippen molar-refractivity contribution < 1.29 is 13.2 Å². The molecule has 0 aliphatic carbocycles. The van der Waals surface area contributed by atoms with Gasteiger partial charge in [0.05, 0.1) is 6.26 Å². The van der Waals surface area contributed by atoms with Crippen LogP contribution in [-0.4, -0.2) is 27.1 Å². The maximum Gasteiger partial charge on any atom is 0.225 e. The van der Waals surface area contributed by atoms with Gasteiger partial charge in [0.2, 0.25) is 15.9 Å². The second kappa shape index (κ2) is 6.17. The highest BCUT2D eigenvalue weighted by Gasteiger charge is 2.06. The van der Waals surface area contributed by atoms with Gasteiger partial charge in [-0.1, -0.05) is 17.7 Å². The molecule has 0 atom stereocenters. The Morgan fingerprint density at radius 1 is 1.39 bits per heavy atom. The van der Waals surface area contributed by atoms with Crippen molar-refractivity contribution in [1.29, 1.82) is 0 Å². The van der Waals surface area contributed by atoms with Gasteiger partial charge in [-0.2, -0.15) is 0 Å². The van der Waals surface area contributed by atoms with Gasteiger partial charge in [-0.15, -0.1) is 0 Å². The Kier molecular flexibility index (Phi) is 5.13. The molecule has 2 N–H and O–H groups in total. The average Bonchev–Trinajstić information content (AvgIpc) is 2.21. The van der Waals surface area contributed by atoms with E-state index in [0.717, 1.165) is 11.8 Å². The molecule has 0 aliphatic heterocycles. The fourth-order valence-electron chi connectivity index (χ4n) is 1.24. The van der Waals surface area contributed by atoms with Crippen molar-refractivity contribution in [3.8, 4) is 0 Å². The molecular formula is C11H15ClN2O3S. The normalized spacial score (nSPS) is 11.3. The molecule has 7 heteroatoms. The number of hydrogen-bond donors (Lipinski definition) is 2. The summed E-state index contributed by atoms with van der Waals surface area (Å²) < 4.78 is 23.8. The van der Waals surface area contributed by atoms with Crippen molar-refractivity contribution in [2.24, 2.45) is 0 Å². The third-order valence-corrected chi connectivity index (χ3v) is 3.31. The van der Waals surface area contributed by atoms with E-state index in [-0.39, 0.29) is 18.9 Å². The van der Waals surface area contributed by atoms with Crippen LogP contribution < -0.4 is 10.0 Å². The molecule has 0 saturated carbocycles. The molecule has 1 amide bonds. The third kappa shape index (κ3) is 5.48. The second-order valence-corrected chi connectivity index (χ2v) is 6.17. The molecule has 1 aromatic carbocycles. The molecule has 1 aromatic rings. The molecule has 0 spiro atoms. The van der Waals surface area contributed by atoms with E-state index in [0.29, 0.717) is 10.7 Å². The van der Waals surface area contributed by atoms with Crippen molar-refractivity contribution in [3.63, 3.8) is 0 Å². The van der Waals surface area contributed by atoms with Gasteiger partial charge < -0.3 is 5.32 Å². The van der Waals surface area contributed by atoms with E-state index in [1.54, 1.807) is 18.2 Å². The van der Waals surface area contributed by atoms with Crippen molar-refractivity contribution in [1.82, 2.24) is 4.72 Å². The second-order valence-electron chi connectivity index (χ2n) is 3.93. The van der Waals surface area contributed by atoms with Gasteiger partial charge in [0, 0.05) is 23.7 Å². The van der Waals surface area contributed by atoms with Crippen LogP contribution in [-0.2, 0) is 14.8 Å². The minimum Gasteiger partial charge on any atom is -0.326 e. The van der Waals surface area contributed by atoms with Crippen LogP contribution in [0.1, 0.15) is 12.0 Å². The average molecular weight is 291 g/mol. The van der Waals surface area contributed by atoms with Crippen LogP contribution in [0.15, 0.2) is 18.2 Å². The number of carbonyl (C=O) groups is 1. The standard InChI is InChI=1S/C11H15ClN2O3S/c1-8-3-4-9(7-10(8)12)14-11(15)5-6-13-18(2,16)17/h3-4,7,13H,5-6H2,1-2H3,(H,14,15). The Labute approximate surface area is 112 Å². The molecule has 0 unspecified atom stereocenters. The van der Waals surface area contributed by atoms with Crippen molar-refractivity contribution in [2.45, 2.75) is 13.3 Å². The van der Waals surface area contributed by atoms with E-state index in [2.05, 4.69) is 10.0 Å². The predicted molar refractivity (Wildman–Crippen MR) is 72.3 cm³/mol. The van der Waals surface area contributed by atoms with Crippen LogP contribution in [0.5, 0.6) is 0 Å². The van der Waals surface area contributed by atoms with Crippen LogP contribution in [0.3, 0.4) is 0 Å². The molecule has 0 aliphatic rings. The predicted octanol–water partition coefficient (Wildman–Crippen LogP) is 1.53. The third-order valence-electron chi connectivity index (χ3n) is 2.17. The first-order valence-electron chi connectivity index (χ1n) is 5.28. The topological polar surface area (TPSA) is 75.3 Å². The Balaban J connectivity index is 2.47. The van der Waals surface area contributed by atoms with Crippen LogP contribution in [0.4, 0.5) is 5.69 Å². The number of amides is 1. The minimum atomic E-state index is -3.26. The molecule has 1 rings (SSSR count). The first-order valence-corrected chi connectivity index (χ1v) is 7.55. The zero-order valence-electron chi connectivity index (χ0n) is 10.2. The molecule has 18 heavy (non-hydrogen) atoms. The Morgan fingerprint density at radius 2 is 2.06 bits per heavy atom. The molecular weight excluding hydrogens is 276 g/mol. The van der Waals surface area contributed by atoms with E-state index in [9.17, 15) is 13.2 Å². The summed E-state index contributed by atoms with van der Waals surface area (Å²) in [5.41, 5.74) is 1.52. The van der Waals surface area contributed by atoms with E-state index in [1.807, 2.05) is 6.92 Å². The van der Waals surface area contributed by atoms with Gasteiger partial charge in [0.25, 0.3) is 0 Å². The zero-order chi connectivity index (χ0) is 13.8. The lowest BCUT2D eigenvalue weighted by atomic mass is 10.2. The summed E-state index contributed by atoms with van der Waals surface area (Å²) in [5, 5.41) is 3.21. The number of benzene rings is 1. The first-order chi connectivity index (χ1) is 8.28. The highest BCUT2D eigenvalue weighted by Crippen LogP contribution is 2.19. The highest BCUT2D eigenvalue weighted by atomic mass is 35.5. The van der Waals surface area contributed by atoms with Gasteiger partial charge in [0.15, 0.2) is 0 Å². The molecule has 0 radical (unpaired) electrons. The smallest absolute Gasteiger partial charge is 0.225 e. The summed E-state index contributed by atoms with van der Waals surface area (Å²) in [6.07, 6.45) is 1.11. The molecule has 0 aromatic heterocycles. The number of anilines is 1. The molecule has 0 fully saturated rings. The molecule has 0 bridgehead atoms. The highest BCUT2D eigenvalue weighted by molar-refractivity contribution is 7.88. The number of hydrogen-bond acceptors (Lipinski definition) is 3. The minimum absolute atomic E-state index is 0.0680. The van der Waals surface area contributed by atoms with Gasteiger partial charge in [-0.05, 0) is 24.6 Å². The Hall–Kier alpha value is -1.11. The monoisotopic (exact) mass is 290 g/mol. The summed E-state index contributed by atoms with van der Waals surface area (Å²) in [6.45, 7) is 1.94. The maximum absolute atomic E-state index is 11.5. The van der Waals surface area contributed by atoms with Gasteiger partial charge in [0.1, 0.15) is 0 Å². The number of halogens is 1. The number of sulfonamides is 1. The van der Waals surface area contributed by atoms with Crippen molar-refractivity contribution in [2.75, 3.05) is 18.1 Å². The largest absolute Gasteiger partial charge is 0.326 e. The quantitative estimate of drug-likeness (QED) is 0.863. The zero-order valence-corrected chi connectivity index (χ0v) is 11.7. The lowest BCUT2D eigenvalue weighted by Gasteiger charge is -2.07. The van der Waals surface area contributed by atoms with E-state index in [1.165, 1.54) is 0 Å². The number of aryl methyl sites for hydroxylation is 1. The van der Waals surface area contributed by atoms with Crippen LogP contribution >= 0.6 is 11.6 Å². The van der Waals surface area contributed by atoms with Crippen LogP contribution in [0.2, 0.25) is 5.02 Å². The van der Waals surface area contributed by atoms with E-state index in [4.69, 9.17) is 11.6 Å². The molecule has 0 heterocycles. The summed E-state index contributed by atoms with van der Waals surface area (Å²) in [7, 11) is -3.26. The van der Waals surface area contributed by atoms with E-state index < -0.39 is 10.0 Å². The molecule has 0 saturated heterocycles.